The molecule has 5 aromatic rings. The number of thioether (sulfide) groups is 1. The summed E-state index contributed by atoms with van der Waals surface area (Å²) in [5.41, 5.74) is 7.94. The van der Waals surface area contributed by atoms with Crippen LogP contribution in [0.4, 0.5) is 11.4 Å². The molecule has 0 spiro atoms. The molecule has 1 atom stereocenters. The second-order valence-electron chi connectivity index (χ2n) is 10.2. The van der Waals surface area contributed by atoms with Crippen LogP contribution in [-0.4, -0.2) is 35.3 Å². The molecule has 1 aromatic heterocycles. The first-order valence-corrected chi connectivity index (χ1v) is 15.0. The predicted molar refractivity (Wildman–Crippen MR) is 170 cm³/mol. The lowest BCUT2D eigenvalue weighted by Crippen LogP contribution is -2.34. The van der Waals surface area contributed by atoms with Crippen LogP contribution < -0.4 is 14.4 Å². The fraction of sp³-hybridized carbons (Fsp3) is 0.200. The van der Waals surface area contributed by atoms with Crippen LogP contribution in [0.5, 0.6) is 11.5 Å². The summed E-state index contributed by atoms with van der Waals surface area (Å²) in [6.07, 6.45) is 2.45. The number of carbonyl (C=O) groups is 1. The lowest BCUT2D eigenvalue weighted by molar-refractivity contribution is -0.117. The van der Waals surface area contributed by atoms with Crippen molar-refractivity contribution in [1.29, 1.82) is 0 Å². The van der Waals surface area contributed by atoms with E-state index in [0.717, 1.165) is 58.2 Å². The Morgan fingerprint density at radius 3 is 1.86 bits per heavy atom. The normalized spacial score (nSPS) is 13.1. The van der Waals surface area contributed by atoms with Crippen LogP contribution in [-0.2, 0) is 17.6 Å². The zero-order chi connectivity index (χ0) is 29.1. The molecule has 1 aliphatic heterocycles. The van der Waals surface area contributed by atoms with E-state index < -0.39 is 0 Å². The Bertz CT molecular complexity index is 1580. The summed E-state index contributed by atoms with van der Waals surface area (Å²) >= 11 is 1.48. The van der Waals surface area contributed by atoms with Gasteiger partial charge < -0.3 is 14.5 Å². The molecule has 1 amide bonds. The number of hydrogen-bond acceptors (Lipinski definition) is 5. The number of aromatic nitrogens is 2. The van der Waals surface area contributed by atoms with Gasteiger partial charge in [0, 0.05) is 11.1 Å². The first-order chi connectivity index (χ1) is 20.6. The van der Waals surface area contributed by atoms with Crippen molar-refractivity contribution in [3.63, 3.8) is 0 Å². The molecule has 7 heteroatoms. The number of ether oxygens (including phenoxy) is 2. The highest BCUT2D eigenvalue weighted by molar-refractivity contribution is 8.00. The number of rotatable bonds is 8. The minimum atomic E-state index is -0.345. The number of anilines is 2. The molecule has 6 nitrogen and oxygen atoms in total. The molecule has 212 valence electrons. The van der Waals surface area contributed by atoms with Crippen molar-refractivity contribution in [3.8, 4) is 34.0 Å². The first kappa shape index (κ1) is 27.7. The number of aromatic amines is 1. The van der Waals surface area contributed by atoms with E-state index in [1.807, 2.05) is 77.7 Å². The summed E-state index contributed by atoms with van der Waals surface area (Å²) in [6, 6.07) is 32.3. The lowest BCUT2D eigenvalue weighted by atomic mass is 10.0. The number of imidazole rings is 1. The van der Waals surface area contributed by atoms with Gasteiger partial charge in [0.2, 0.25) is 5.91 Å². The monoisotopic (exact) mass is 575 g/mol. The standard InChI is InChI=1S/C35H33N3O3S/c1-4-31(34(39)38-29-11-7-5-9-23(29)13-14-24-10-6-8-12-30(24)38)42-35-36-32(25-15-19-27(40-2)20-16-25)33(37-35)26-17-21-28(41-3)22-18-26/h5-12,15-22,31H,4,13-14H2,1-3H3,(H,36,37). The molecule has 0 radical (unpaired) electrons. The van der Waals surface area contributed by atoms with Gasteiger partial charge in [-0.25, -0.2) is 4.98 Å². The van der Waals surface area contributed by atoms with E-state index in [2.05, 4.69) is 36.2 Å². The van der Waals surface area contributed by atoms with Crippen molar-refractivity contribution in [1.82, 2.24) is 9.97 Å². The van der Waals surface area contributed by atoms with E-state index in [0.29, 0.717) is 11.6 Å². The van der Waals surface area contributed by atoms with Crippen molar-refractivity contribution in [2.24, 2.45) is 0 Å². The van der Waals surface area contributed by atoms with Crippen LogP contribution in [0.2, 0.25) is 0 Å². The molecule has 1 N–H and O–H groups in total. The van der Waals surface area contributed by atoms with E-state index >= 15 is 0 Å². The summed E-state index contributed by atoms with van der Waals surface area (Å²) in [5.74, 6) is 1.62. The number of amides is 1. The van der Waals surface area contributed by atoms with Crippen LogP contribution in [0, 0.1) is 0 Å². The summed E-state index contributed by atoms with van der Waals surface area (Å²) in [5, 5.41) is 0.353. The summed E-state index contributed by atoms with van der Waals surface area (Å²) in [7, 11) is 3.32. The van der Waals surface area contributed by atoms with Crippen molar-refractivity contribution < 1.29 is 14.3 Å². The number of benzene rings is 4. The molecule has 0 fully saturated rings. The van der Waals surface area contributed by atoms with Gasteiger partial charge in [-0.1, -0.05) is 55.1 Å². The third-order valence-corrected chi connectivity index (χ3v) is 8.91. The van der Waals surface area contributed by atoms with E-state index in [-0.39, 0.29) is 11.2 Å². The topological polar surface area (TPSA) is 67.5 Å². The van der Waals surface area contributed by atoms with Gasteiger partial charge in [0.1, 0.15) is 11.5 Å². The summed E-state index contributed by atoms with van der Waals surface area (Å²) < 4.78 is 10.7. The van der Waals surface area contributed by atoms with Gasteiger partial charge >= 0.3 is 0 Å². The van der Waals surface area contributed by atoms with Gasteiger partial charge in [-0.15, -0.1) is 0 Å². The lowest BCUT2D eigenvalue weighted by Gasteiger charge is -2.28. The molecule has 0 aliphatic carbocycles. The maximum Gasteiger partial charge on any atom is 0.245 e. The van der Waals surface area contributed by atoms with Crippen LogP contribution in [0.3, 0.4) is 0 Å². The zero-order valence-electron chi connectivity index (χ0n) is 24.0. The van der Waals surface area contributed by atoms with Crippen molar-refractivity contribution in [2.75, 3.05) is 19.1 Å². The Labute approximate surface area is 250 Å². The third-order valence-electron chi connectivity index (χ3n) is 7.67. The number of nitrogens with zero attached hydrogens (tertiary/aromatic N) is 2. The Balaban J connectivity index is 1.38. The third kappa shape index (κ3) is 5.40. The highest BCUT2D eigenvalue weighted by atomic mass is 32.2. The van der Waals surface area contributed by atoms with Gasteiger partial charge in [-0.05, 0) is 91.1 Å². The molecule has 0 saturated carbocycles. The van der Waals surface area contributed by atoms with Gasteiger partial charge in [-0.3, -0.25) is 9.69 Å². The fourth-order valence-electron chi connectivity index (χ4n) is 5.44. The molecular weight excluding hydrogens is 542 g/mol. The van der Waals surface area contributed by atoms with Crippen LogP contribution in [0.15, 0.2) is 102 Å². The summed E-state index contributed by atoms with van der Waals surface area (Å²) in [4.78, 5) is 24.9. The molecule has 1 aliphatic rings. The Kier molecular flexibility index (Phi) is 8.02. The van der Waals surface area contributed by atoms with Gasteiger partial charge in [-0.2, -0.15) is 0 Å². The summed E-state index contributed by atoms with van der Waals surface area (Å²) in [6.45, 7) is 2.06. The fourth-order valence-corrected chi connectivity index (χ4v) is 6.38. The number of fused-ring (bicyclic) bond motifs is 2. The smallest absolute Gasteiger partial charge is 0.245 e. The van der Waals surface area contributed by atoms with Gasteiger partial charge in [0.25, 0.3) is 0 Å². The van der Waals surface area contributed by atoms with Crippen molar-refractivity contribution >= 4 is 29.0 Å². The Morgan fingerprint density at radius 1 is 0.810 bits per heavy atom. The number of para-hydroxylation sites is 2. The Morgan fingerprint density at radius 2 is 1.33 bits per heavy atom. The maximum atomic E-state index is 14.4. The minimum absolute atomic E-state index is 0.0534. The van der Waals surface area contributed by atoms with E-state index in [1.54, 1.807) is 14.2 Å². The van der Waals surface area contributed by atoms with E-state index in [4.69, 9.17) is 14.5 Å². The molecule has 42 heavy (non-hydrogen) atoms. The highest BCUT2D eigenvalue weighted by Crippen LogP contribution is 2.40. The zero-order valence-corrected chi connectivity index (χ0v) is 24.8. The highest BCUT2D eigenvalue weighted by Gasteiger charge is 2.31. The molecule has 6 rings (SSSR count). The van der Waals surface area contributed by atoms with Crippen molar-refractivity contribution in [3.05, 3.63) is 108 Å². The van der Waals surface area contributed by atoms with E-state index in [1.165, 1.54) is 22.9 Å². The average molecular weight is 576 g/mol. The van der Waals surface area contributed by atoms with Gasteiger partial charge in [0.05, 0.1) is 42.2 Å². The van der Waals surface area contributed by atoms with Crippen LogP contribution in [0.1, 0.15) is 24.5 Å². The molecule has 0 saturated heterocycles. The molecular formula is C35H33N3O3S. The minimum Gasteiger partial charge on any atom is -0.497 e. The number of H-pyrrole nitrogens is 1. The number of hydrogen-bond donors (Lipinski definition) is 1. The first-order valence-electron chi connectivity index (χ1n) is 14.1. The number of nitrogens with one attached hydrogen (secondary N) is 1. The largest absolute Gasteiger partial charge is 0.497 e. The van der Waals surface area contributed by atoms with Crippen LogP contribution in [0.25, 0.3) is 22.5 Å². The second-order valence-corrected chi connectivity index (χ2v) is 11.4. The van der Waals surface area contributed by atoms with Crippen LogP contribution >= 0.6 is 11.8 Å². The Hall–Kier alpha value is -4.49. The quantitative estimate of drug-likeness (QED) is 0.189. The second kappa shape index (κ2) is 12.2. The average Bonchev–Trinajstić information content (AvgIpc) is 3.39. The molecule has 1 unspecified atom stereocenters. The number of carbonyl (C=O) groups excluding carboxylic acids is 1. The number of aryl methyl sites for hydroxylation is 2. The molecule has 2 heterocycles. The van der Waals surface area contributed by atoms with Gasteiger partial charge in [0.15, 0.2) is 5.16 Å². The molecule has 4 aromatic carbocycles. The molecule has 0 bridgehead atoms. The number of methoxy groups -OCH3 is 2. The van der Waals surface area contributed by atoms with Crippen molar-refractivity contribution in [2.45, 2.75) is 36.6 Å². The predicted octanol–water partition coefficient (Wildman–Crippen LogP) is 8.10. The SMILES string of the molecule is CCC(Sc1nc(-c2ccc(OC)cc2)c(-c2ccc(OC)cc2)[nH]1)C(=O)N1c2ccccc2CCc2ccccc21. The maximum absolute atomic E-state index is 14.4. The van der Waals surface area contributed by atoms with E-state index in [9.17, 15) is 4.79 Å².